The molecule has 1 spiro atoms. The van der Waals surface area contributed by atoms with Gasteiger partial charge in [0, 0.05) is 38.6 Å². The lowest BCUT2D eigenvalue weighted by atomic mass is 9.57. The number of nitrogens with one attached hydrogen (secondary N) is 1. The number of ether oxygens (including phenoxy) is 1. The van der Waals surface area contributed by atoms with Crippen molar-refractivity contribution in [1.29, 1.82) is 0 Å². The molecule has 2 rings (SSSR count). The summed E-state index contributed by atoms with van der Waals surface area (Å²) in [5.41, 5.74) is 0.345. The largest absolute Gasteiger partial charge is 0.379 e. The van der Waals surface area contributed by atoms with Gasteiger partial charge in [-0.3, -0.25) is 9.59 Å². The highest BCUT2D eigenvalue weighted by Crippen LogP contribution is 2.51. The van der Waals surface area contributed by atoms with Gasteiger partial charge in [0.25, 0.3) is 0 Å². The summed E-state index contributed by atoms with van der Waals surface area (Å²) in [6.07, 6.45) is 2.80. The molecule has 110 valence electrons. The highest BCUT2D eigenvalue weighted by Gasteiger charge is 2.53. The topological polar surface area (TPSA) is 58.6 Å². The van der Waals surface area contributed by atoms with Gasteiger partial charge in [-0.1, -0.05) is 0 Å². The lowest BCUT2D eigenvalue weighted by Gasteiger charge is -2.57. The van der Waals surface area contributed by atoms with Crippen LogP contribution in [0.2, 0.25) is 0 Å². The van der Waals surface area contributed by atoms with Crippen LogP contribution in [0, 0.1) is 11.3 Å². The Morgan fingerprint density at radius 3 is 2.16 bits per heavy atom. The molecule has 1 aliphatic heterocycles. The van der Waals surface area contributed by atoms with E-state index in [0.29, 0.717) is 5.41 Å². The van der Waals surface area contributed by atoms with E-state index in [1.807, 2.05) is 20.8 Å². The van der Waals surface area contributed by atoms with Crippen LogP contribution in [0.5, 0.6) is 0 Å². The van der Waals surface area contributed by atoms with E-state index in [9.17, 15) is 9.59 Å². The standard InChI is InChI=1S/C9H14N2O2.C5H12O/c1-10-8(13)7-2-9(3-7)4-11(5-9)6-12;1-5(2,3)6-4/h6-7H,2-5H2,1H3,(H,10,13);1-4H3. The molecule has 1 N–H and O–H groups in total. The molecular formula is C14H26N2O3. The minimum Gasteiger partial charge on any atom is -0.379 e. The Hall–Kier alpha value is -1.10. The van der Waals surface area contributed by atoms with Crippen LogP contribution < -0.4 is 5.32 Å². The molecule has 2 amide bonds. The molecule has 5 nitrogen and oxygen atoms in total. The first-order valence-electron chi connectivity index (χ1n) is 6.71. The second kappa shape index (κ2) is 5.90. The zero-order valence-electron chi connectivity index (χ0n) is 12.7. The van der Waals surface area contributed by atoms with Crippen molar-refractivity contribution in [3.63, 3.8) is 0 Å². The van der Waals surface area contributed by atoms with Gasteiger partial charge in [0.1, 0.15) is 0 Å². The molecule has 19 heavy (non-hydrogen) atoms. The van der Waals surface area contributed by atoms with Gasteiger partial charge in [-0.15, -0.1) is 0 Å². The van der Waals surface area contributed by atoms with Crippen LogP contribution in [-0.4, -0.2) is 50.1 Å². The van der Waals surface area contributed by atoms with Gasteiger partial charge in [0.05, 0.1) is 5.60 Å². The molecule has 1 saturated heterocycles. The van der Waals surface area contributed by atoms with Crippen molar-refractivity contribution >= 4 is 12.3 Å². The fourth-order valence-electron chi connectivity index (χ4n) is 2.52. The summed E-state index contributed by atoms with van der Waals surface area (Å²) in [7, 11) is 3.38. The summed E-state index contributed by atoms with van der Waals surface area (Å²) in [4.78, 5) is 23.3. The lowest BCUT2D eigenvalue weighted by molar-refractivity contribution is -0.150. The third-order valence-corrected chi connectivity index (χ3v) is 3.81. The van der Waals surface area contributed by atoms with E-state index in [2.05, 4.69) is 5.32 Å². The molecule has 1 heterocycles. The Kier molecular flexibility index (Phi) is 4.96. The van der Waals surface area contributed by atoms with E-state index >= 15 is 0 Å². The van der Waals surface area contributed by atoms with Crippen molar-refractivity contribution in [2.75, 3.05) is 27.2 Å². The first-order valence-corrected chi connectivity index (χ1v) is 6.71. The maximum atomic E-state index is 11.2. The zero-order chi connectivity index (χ0) is 14.7. The molecule has 2 fully saturated rings. The van der Waals surface area contributed by atoms with Crippen LogP contribution >= 0.6 is 0 Å². The van der Waals surface area contributed by atoms with E-state index in [1.165, 1.54) is 0 Å². The van der Waals surface area contributed by atoms with E-state index in [1.54, 1.807) is 19.1 Å². The Balaban J connectivity index is 0.000000258. The number of nitrogens with zero attached hydrogens (tertiary/aromatic N) is 1. The number of carbonyl (C=O) groups is 2. The quantitative estimate of drug-likeness (QED) is 0.763. The highest BCUT2D eigenvalue weighted by atomic mass is 16.5. The van der Waals surface area contributed by atoms with Gasteiger partial charge >= 0.3 is 0 Å². The molecule has 1 aliphatic carbocycles. The second-order valence-electron chi connectivity index (χ2n) is 6.55. The Bertz CT molecular complexity index is 322. The van der Waals surface area contributed by atoms with E-state index < -0.39 is 0 Å². The first kappa shape index (κ1) is 16.0. The summed E-state index contributed by atoms with van der Waals surface area (Å²) in [6.45, 7) is 7.76. The molecule has 0 aromatic carbocycles. The summed E-state index contributed by atoms with van der Waals surface area (Å²) in [5, 5.41) is 2.66. The zero-order valence-corrected chi connectivity index (χ0v) is 12.7. The third kappa shape index (κ3) is 4.20. The van der Waals surface area contributed by atoms with Gasteiger partial charge in [0.15, 0.2) is 0 Å². The SMILES string of the molecule is CNC(=O)C1CC2(C1)CN(C=O)C2.COC(C)(C)C. The van der Waals surface area contributed by atoms with Crippen LogP contribution in [0.25, 0.3) is 0 Å². The van der Waals surface area contributed by atoms with Crippen LogP contribution in [0.1, 0.15) is 33.6 Å². The number of carbonyl (C=O) groups excluding carboxylic acids is 2. The maximum Gasteiger partial charge on any atom is 0.222 e. The molecular weight excluding hydrogens is 244 g/mol. The number of likely N-dealkylation sites (tertiary alicyclic amines) is 1. The van der Waals surface area contributed by atoms with Crippen molar-refractivity contribution in [2.24, 2.45) is 11.3 Å². The average Bonchev–Trinajstić information content (AvgIpc) is 2.25. The van der Waals surface area contributed by atoms with Crippen molar-refractivity contribution in [3.8, 4) is 0 Å². The summed E-state index contributed by atoms with van der Waals surface area (Å²) in [5.74, 6) is 0.342. The summed E-state index contributed by atoms with van der Waals surface area (Å²) in [6, 6.07) is 0. The predicted molar refractivity (Wildman–Crippen MR) is 73.6 cm³/mol. The van der Waals surface area contributed by atoms with E-state index in [4.69, 9.17) is 4.74 Å². The Labute approximate surface area is 115 Å². The molecule has 0 atom stereocenters. The maximum absolute atomic E-state index is 11.2. The average molecular weight is 270 g/mol. The molecule has 2 aliphatic rings. The minimum atomic E-state index is 0.0417. The molecule has 5 heteroatoms. The Morgan fingerprint density at radius 2 is 1.84 bits per heavy atom. The van der Waals surface area contributed by atoms with Crippen molar-refractivity contribution in [1.82, 2.24) is 10.2 Å². The van der Waals surface area contributed by atoms with E-state index in [-0.39, 0.29) is 17.4 Å². The highest BCUT2D eigenvalue weighted by molar-refractivity contribution is 5.79. The molecule has 0 unspecified atom stereocenters. The van der Waals surface area contributed by atoms with Gasteiger partial charge in [0.2, 0.25) is 12.3 Å². The van der Waals surface area contributed by atoms with Crippen LogP contribution in [0.3, 0.4) is 0 Å². The molecule has 0 radical (unpaired) electrons. The second-order valence-corrected chi connectivity index (χ2v) is 6.55. The molecule has 1 saturated carbocycles. The molecule has 0 aromatic rings. The Morgan fingerprint density at radius 1 is 1.37 bits per heavy atom. The van der Waals surface area contributed by atoms with Gasteiger partial charge in [-0.25, -0.2) is 0 Å². The third-order valence-electron chi connectivity index (χ3n) is 3.81. The molecule has 0 aromatic heterocycles. The monoisotopic (exact) mass is 270 g/mol. The van der Waals surface area contributed by atoms with Gasteiger partial charge in [-0.2, -0.15) is 0 Å². The smallest absolute Gasteiger partial charge is 0.222 e. The van der Waals surface area contributed by atoms with Crippen molar-refractivity contribution in [2.45, 2.75) is 39.2 Å². The van der Waals surface area contributed by atoms with Crippen molar-refractivity contribution < 1.29 is 14.3 Å². The fraction of sp³-hybridized carbons (Fsp3) is 0.857. The number of hydrogen-bond donors (Lipinski definition) is 1. The summed E-state index contributed by atoms with van der Waals surface area (Å²) < 4.78 is 4.94. The van der Waals surface area contributed by atoms with Crippen LogP contribution in [0.15, 0.2) is 0 Å². The lowest BCUT2D eigenvalue weighted by Crippen LogP contribution is -2.63. The number of methoxy groups -OCH3 is 1. The van der Waals surface area contributed by atoms with Gasteiger partial charge < -0.3 is 15.0 Å². The van der Waals surface area contributed by atoms with Crippen molar-refractivity contribution in [3.05, 3.63) is 0 Å². The molecule has 0 bridgehead atoms. The number of rotatable bonds is 2. The summed E-state index contributed by atoms with van der Waals surface area (Å²) >= 11 is 0. The first-order chi connectivity index (χ1) is 8.75. The fourth-order valence-corrected chi connectivity index (χ4v) is 2.52. The minimum absolute atomic E-state index is 0.0417. The van der Waals surface area contributed by atoms with Crippen LogP contribution in [-0.2, 0) is 14.3 Å². The number of hydrogen-bond acceptors (Lipinski definition) is 3. The van der Waals surface area contributed by atoms with E-state index in [0.717, 1.165) is 32.3 Å². The normalized spacial score (nSPS) is 20.8. The van der Waals surface area contributed by atoms with Gasteiger partial charge in [-0.05, 0) is 33.6 Å². The van der Waals surface area contributed by atoms with Crippen LogP contribution in [0.4, 0.5) is 0 Å². The number of amides is 2. The predicted octanol–water partition coefficient (Wildman–Crippen LogP) is 1.03.